The first-order chi connectivity index (χ1) is 7.74. The lowest BCUT2D eigenvalue weighted by Gasteiger charge is -2.26. The minimum absolute atomic E-state index is 0.0311. The zero-order valence-electron chi connectivity index (χ0n) is 10.5. The van der Waals surface area contributed by atoms with Crippen LogP contribution >= 0.6 is 0 Å². The fourth-order valence-corrected chi connectivity index (χ4v) is 1.85. The van der Waals surface area contributed by atoms with Crippen LogP contribution in [0, 0.1) is 5.92 Å². The molecular weight excluding hydrogens is 224 g/mol. The Morgan fingerprint density at radius 2 is 2.06 bits per heavy atom. The molecule has 0 spiro atoms. The third-order valence-corrected chi connectivity index (χ3v) is 2.63. The maximum Gasteiger partial charge on any atom is 0.411 e. The lowest BCUT2D eigenvalue weighted by atomic mass is 10.1. The summed E-state index contributed by atoms with van der Waals surface area (Å²) in [6.45, 7) is 5.97. The molecule has 0 aromatic carbocycles. The highest BCUT2D eigenvalue weighted by atomic mass is 16.6. The molecule has 17 heavy (non-hydrogen) atoms. The highest BCUT2D eigenvalue weighted by Crippen LogP contribution is 2.24. The van der Waals surface area contributed by atoms with Crippen LogP contribution in [0.4, 0.5) is 4.79 Å². The molecule has 2 atom stereocenters. The fourth-order valence-electron chi connectivity index (χ4n) is 1.85. The van der Waals surface area contributed by atoms with Gasteiger partial charge >= 0.3 is 12.1 Å². The van der Waals surface area contributed by atoms with Crippen LogP contribution in [0.2, 0.25) is 0 Å². The van der Waals surface area contributed by atoms with Gasteiger partial charge in [-0.1, -0.05) is 0 Å². The highest BCUT2D eigenvalue weighted by molar-refractivity contribution is 5.81. The largest absolute Gasteiger partial charge is 0.480 e. The summed E-state index contributed by atoms with van der Waals surface area (Å²) in [4.78, 5) is 24.1. The number of rotatable bonds is 2. The monoisotopic (exact) mass is 244 g/mol. The second-order valence-electron chi connectivity index (χ2n) is 5.32. The van der Waals surface area contributed by atoms with Crippen LogP contribution in [0.1, 0.15) is 27.2 Å². The summed E-state index contributed by atoms with van der Waals surface area (Å²) in [7, 11) is 0. The number of ether oxygens (including phenoxy) is 1. The van der Waals surface area contributed by atoms with Crippen LogP contribution in [0.3, 0.4) is 0 Å². The topological polar surface area (TPSA) is 92.9 Å². The second-order valence-corrected chi connectivity index (χ2v) is 5.32. The van der Waals surface area contributed by atoms with Crippen LogP contribution < -0.4 is 5.73 Å². The molecule has 0 aromatic heterocycles. The van der Waals surface area contributed by atoms with Gasteiger partial charge in [0.2, 0.25) is 0 Å². The van der Waals surface area contributed by atoms with Crippen molar-refractivity contribution in [1.29, 1.82) is 0 Å². The number of nitrogens with two attached hydrogens (primary N) is 1. The van der Waals surface area contributed by atoms with Crippen molar-refractivity contribution in [2.75, 3.05) is 13.1 Å². The first-order valence-electron chi connectivity index (χ1n) is 5.67. The Labute approximate surface area is 101 Å². The smallest absolute Gasteiger partial charge is 0.411 e. The van der Waals surface area contributed by atoms with Crippen molar-refractivity contribution in [1.82, 2.24) is 4.90 Å². The SMILES string of the molecule is CC(C)(C)OC(=O)N1CC(CN)CC1C(=O)O. The van der Waals surface area contributed by atoms with Crippen molar-refractivity contribution in [2.45, 2.75) is 38.8 Å². The normalized spacial score (nSPS) is 24.8. The predicted molar refractivity (Wildman–Crippen MR) is 61.5 cm³/mol. The molecule has 1 saturated heterocycles. The molecule has 1 aliphatic heterocycles. The lowest BCUT2D eigenvalue weighted by Crippen LogP contribution is -2.43. The van der Waals surface area contributed by atoms with E-state index in [0.717, 1.165) is 0 Å². The van der Waals surface area contributed by atoms with E-state index in [2.05, 4.69) is 0 Å². The summed E-state index contributed by atoms with van der Waals surface area (Å²) >= 11 is 0. The lowest BCUT2D eigenvalue weighted by molar-refractivity contribution is -0.142. The van der Waals surface area contributed by atoms with Gasteiger partial charge in [0.25, 0.3) is 0 Å². The number of nitrogens with zero attached hydrogens (tertiary/aromatic N) is 1. The standard InChI is InChI=1S/C11H20N2O4/c1-11(2,3)17-10(16)13-6-7(5-12)4-8(13)9(14)15/h7-8H,4-6,12H2,1-3H3,(H,14,15). The van der Waals surface area contributed by atoms with E-state index in [1.54, 1.807) is 20.8 Å². The van der Waals surface area contributed by atoms with E-state index in [1.807, 2.05) is 0 Å². The summed E-state index contributed by atoms with van der Waals surface area (Å²) in [5.41, 5.74) is 4.89. The van der Waals surface area contributed by atoms with Gasteiger partial charge in [0.05, 0.1) is 0 Å². The number of carbonyl (C=O) groups is 2. The molecule has 3 N–H and O–H groups in total. The fraction of sp³-hybridized carbons (Fsp3) is 0.818. The van der Waals surface area contributed by atoms with Crippen LogP contribution in [-0.4, -0.2) is 46.8 Å². The molecule has 6 nitrogen and oxygen atoms in total. The van der Waals surface area contributed by atoms with E-state index in [0.29, 0.717) is 19.5 Å². The molecule has 6 heteroatoms. The molecule has 98 valence electrons. The van der Waals surface area contributed by atoms with Gasteiger partial charge in [-0.25, -0.2) is 9.59 Å². The Morgan fingerprint density at radius 3 is 2.47 bits per heavy atom. The minimum Gasteiger partial charge on any atom is -0.480 e. The van der Waals surface area contributed by atoms with Gasteiger partial charge in [-0.2, -0.15) is 0 Å². The van der Waals surface area contributed by atoms with E-state index in [1.165, 1.54) is 4.90 Å². The van der Waals surface area contributed by atoms with Gasteiger partial charge < -0.3 is 15.6 Å². The Morgan fingerprint density at radius 1 is 1.47 bits per heavy atom. The number of carbonyl (C=O) groups excluding carboxylic acids is 1. The number of aliphatic carboxylic acids is 1. The van der Waals surface area contributed by atoms with E-state index >= 15 is 0 Å². The molecule has 1 aliphatic rings. The minimum atomic E-state index is -1.01. The van der Waals surface area contributed by atoms with Crippen LogP contribution in [0.5, 0.6) is 0 Å². The molecule has 1 rings (SSSR count). The van der Waals surface area contributed by atoms with Gasteiger partial charge in [0.15, 0.2) is 0 Å². The molecule has 0 aromatic rings. The number of carboxylic acids is 1. The van der Waals surface area contributed by atoms with Crippen molar-refractivity contribution < 1.29 is 19.4 Å². The van der Waals surface area contributed by atoms with Crippen molar-refractivity contribution in [3.05, 3.63) is 0 Å². The van der Waals surface area contributed by atoms with E-state index < -0.39 is 23.7 Å². The first kappa shape index (κ1) is 13.8. The van der Waals surface area contributed by atoms with Crippen LogP contribution in [0.25, 0.3) is 0 Å². The highest BCUT2D eigenvalue weighted by Gasteiger charge is 2.40. The Bertz CT molecular complexity index is 311. The quantitative estimate of drug-likeness (QED) is 0.744. The Hall–Kier alpha value is -1.30. The Kier molecular flexibility index (Phi) is 3.98. The van der Waals surface area contributed by atoms with Crippen molar-refractivity contribution in [3.63, 3.8) is 0 Å². The maximum absolute atomic E-state index is 11.8. The summed E-state index contributed by atoms with van der Waals surface area (Å²) in [6, 6.07) is -0.821. The molecule has 2 unspecified atom stereocenters. The van der Waals surface area contributed by atoms with Gasteiger partial charge in [-0.3, -0.25) is 4.90 Å². The number of amides is 1. The molecule has 0 radical (unpaired) electrons. The number of likely N-dealkylation sites (tertiary alicyclic amines) is 1. The molecule has 1 heterocycles. The maximum atomic E-state index is 11.8. The number of carboxylic acid groups (broad SMARTS) is 1. The average Bonchev–Trinajstić information content (AvgIpc) is 2.58. The average molecular weight is 244 g/mol. The Balaban J connectivity index is 2.73. The zero-order chi connectivity index (χ0) is 13.2. The third-order valence-electron chi connectivity index (χ3n) is 2.63. The van der Waals surface area contributed by atoms with Crippen LogP contribution in [0.15, 0.2) is 0 Å². The molecule has 1 amide bonds. The van der Waals surface area contributed by atoms with Gasteiger partial charge in [-0.05, 0) is 39.7 Å². The van der Waals surface area contributed by atoms with E-state index in [-0.39, 0.29) is 5.92 Å². The van der Waals surface area contributed by atoms with Gasteiger partial charge in [0.1, 0.15) is 11.6 Å². The summed E-state index contributed by atoms with van der Waals surface area (Å²) in [5.74, 6) is -0.976. The predicted octanol–water partition coefficient (Wildman–Crippen LogP) is 0.655. The first-order valence-corrected chi connectivity index (χ1v) is 5.67. The number of hydrogen-bond donors (Lipinski definition) is 2. The van der Waals surface area contributed by atoms with E-state index in [9.17, 15) is 9.59 Å². The van der Waals surface area contributed by atoms with Crippen molar-refractivity contribution >= 4 is 12.1 Å². The van der Waals surface area contributed by atoms with Crippen molar-refractivity contribution in [3.8, 4) is 0 Å². The third kappa shape index (κ3) is 3.59. The van der Waals surface area contributed by atoms with Crippen LogP contribution in [-0.2, 0) is 9.53 Å². The number of hydrogen-bond acceptors (Lipinski definition) is 4. The van der Waals surface area contributed by atoms with Gasteiger partial charge in [-0.15, -0.1) is 0 Å². The van der Waals surface area contributed by atoms with Crippen molar-refractivity contribution in [2.24, 2.45) is 11.7 Å². The van der Waals surface area contributed by atoms with E-state index in [4.69, 9.17) is 15.6 Å². The van der Waals surface area contributed by atoms with Gasteiger partial charge in [0, 0.05) is 6.54 Å². The molecule has 0 aliphatic carbocycles. The molecule has 0 bridgehead atoms. The second kappa shape index (κ2) is 4.91. The summed E-state index contributed by atoms with van der Waals surface area (Å²) < 4.78 is 5.18. The summed E-state index contributed by atoms with van der Waals surface area (Å²) in [6.07, 6.45) is -0.189. The summed E-state index contributed by atoms with van der Waals surface area (Å²) in [5, 5.41) is 9.05. The molecular formula is C11H20N2O4. The molecule has 1 fully saturated rings. The zero-order valence-corrected chi connectivity index (χ0v) is 10.5. The molecule has 0 saturated carbocycles.